The van der Waals surface area contributed by atoms with Crippen LogP contribution in [0.5, 0.6) is 0 Å². The third-order valence-corrected chi connectivity index (χ3v) is 4.03. The molecule has 0 bridgehead atoms. The highest BCUT2D eigenvalue weighted by Gasteiger charge is 2.37. The molecule has 1 aliphatic heterocycles. The van der Waals surface area contributed by atoms with E-state index in [0.29, 0.717) is 13.2 Å². The van der Waals surface area contributed by atoms with E-state index < -0.39 is 17.9 Å². The summed E-state index contributed by atoms with van der Waals surface area (Å²) >= 11 is 0. The molecule has 0 N–H and O–H groups in total. The lowest BCUT2D eigenvalue weighted by Gasteiger charge is -2.32. The molecule has 1 aromatic carbocycles. The number of hydrogen-bond donors (Lipinski definition) is 0. The summed E-state index contributed by atoms with van der Waals surface area (Å²) in [5.74, 6) is -2.76. The van der Waals surface area contributed by atoms with Crippen LogP contribution in [0.4, 0.5) is 0 Å². The van der Waals surface area contributed by atoms with Gasteiger partial charge in [0.1, 0.15) is 6.61 Å². The van der Waals surface area contributed by atoms with Gasteiger partial charge in [0.15, 0.2) is 6.61 Å². The van der Waals surface area contributed by atoms with Crippen LogP contribution in [0.25, 0.3) is 0 Å². The number of hydrogen-bond acceptors (Lipinski definition) is 7. The minimum atomic E-state index is -1.51. The summed E-state index contributed by atoms with van der Waals surface area (Å²) in [4.78, 5) is 24.7. The fourth-order valence-corrected chi connectivity index (χ4v) is 2.47. The Morgan fingerprint density at radius 2 is 1.44 bits per heavy atom. The molecule has 0 aromatic heterocycles. The van der Waals surface area contributed by atoms with E-state index in [1.807, 2.05) is 13.8 Å². The van der Waals surface area contributed by atoms with Crippen LogP contribution in [0.15, 0.2) is 24.3 Å². The predicted molar refractivity (Wildman–Crippen MR) is 97.4 cm³/mol. The Balaban J connectivity index is 2.21. The van der Waals surface area contributed by atoms with E-state index in [4.69, 9.17) is 23.7 Å². The van der Waals surface area contributed by atoms with Gasteiger partial charge in [-0.05, 0) is 25.0 Å². The standard InChI is InChI=1S/C20H28O7/c1-3-5-11-25-20(26-12-6-4-2)15-24-19(22)17-10-8-7-9-16(17)18(21)23-13-14-27-20/h7-10H,3-6,11-15H2,1-2H3. The molecule has 0 spiro atoms. The quantitative estimate of drug-likeness (QED) is 0.389. The Kier molecular flexibility index (Phi) is 8.71. The van der Waals surface area contributed by atoms with Gasteiger partial charge in [-0.15, -0.1) is 0 Å². The maximum atomic E-state index is 12.5. The first kappa shape index (κ1) is 21.3. The fourth-order valence-electron chi connectivity index (χ4n) is 2.47. The molecule has 0 saturated carbocycles. The number of benzene rings is 1. The van der Waals surface area contributed by atoms with Crippen molar-refractivity contribution in [1.29, 1.82) is 0 Å². The van der Waals surface area contributed by atoms with Gasteiger partial charge in [-0.1, -0.05) is 38.8 Å². The van der Waals surface area contributed by atoms with Gasteiger partial charge in [0, 0.05) is 0 Å². The molecule has 0 aliphatic carbocycles. The summed E-state index contributed by atoms with van der Waals surface area (Å²) < 4.78 is 28.0. The topological polar surface area (TPSA) is 80.3 Å². The number of carbonyl (C=O) groups excluding carboxylic acids is 2. The van der Waals surface area contributed by atoms with Gasteiger partial charge in [0.2, 0.25) is 0 Å². The van der Waals surface area contributed by atoms with Crippen molar-refractivity contribution in [3.63, 3.8) is 0 Å². The molecule has 27 heavy (non-hydrogen) atoms. The number of fused-ring (bicyclic) bond motifs is 1. The average molecular weight is 380 g/mol. The first-order valence-electron chi connectivity index (χ1n) is 9.47. The van der Waals surface area contributed by atoms with Crippen LogP contribution in [0.2, 0.25) is 0 Å². The van der Waals surface area contributed by atoms with Crippen LogP contribution in [-0.2, 0) is 23.7 Å². The second-order valence-corrected chi connectivity index (χ2v) is 6.19. The fraction of sp³-hybridized carbons (Fsp3) is 0.600. The zero-order valence-electron chi connectivity index (χ0n) is 16.0. The van der Waals surface area contributed by atoms with Gasteiger partial charge in [0.25, 0.3) is 0 Å². The normalized spacial score (nSPS) is 17.4. The van der Waals surface area contributed by atoms with Crippen molar-refractivity contribution in [2.45, 2.75) is 45.5 Å². The molecule has 2 rings (SSSR count). The second-order valence-electron chi connectivity index (χ2n) is 6.19. The highest BCUT2D eigenvalue weighted by molar-refractivity contribution is 6.03. The minimum absolute atomic E-state index is 0.0113. The van der Waals surface area contributed by atoms with Crippen LogP contribution in [0, 0.1) is 0 Å². The molecular weight excluding hydrogens is 352 g/mol. The molecule has 0 radical (unpaired) electrons. The van der Waals surface area contributed by atoms with E-state index in [1.165, 1.54) is 12.1 Å². The average Bonchev–Trinajstić information content (AvgIpc) is 2.71. The lowest BCUT2D eigenvalue weighted by atomic mass is 10.1. The third kappa shape index (κ3) is 6.30. The lowest BCUT2D eigenvalue weighted by molar-refractivity contribution is -0.391. The Morgan fingerprint density at radius 1 is 0.889 bits per heavy atom. The van der Waals surface area contributed by atoms with Crippen LogP contribution in [-0.4, -0.2) is 50.9 Å². The summed E-state index contributed by atoms with van der Waals surface area (Å²) in [6.07, 6.45) is 3.51. The van der Waals surface area contributed by atoms with E-state index >= 15 is 0 Å². The number of carbonyl (C=O) groups is 2. The third-order valence-electron chi connectivity index (χ3n) is 4.03. The minimum Gasteiger partial charge on any atom is -0.460 e. The van der Waals surface area contributed by atoms with E-state index in [2.05, 4.69) is 0 Å². The molecule has 0 atom stereocenters. The summed E-state index contributed by atoms with van der Waals surface area (Å²) in [7, 11) is 0. The zero-order chi connectivity index (χ0) is 19.5. The van der Waals surface area contributed by atoms with Gasteiger partial charge in [-0.2, -0.15) is 0 Å². The van der Waals surface area contributed by atoms with Crippen molar-refractivity contribution >= 4 is 11.9 Å². The number of ether oxygens (including phenoxy) is 5. The number of rotatable bonds is 8. The van der Waals surface area contributed by atoms with Crippen molar-refractivity contribution in [1.82, 2.24) is 0 Å². The zero-order valence-corrected chi connectivity index (χ0v) is 16.0. The summed E-state index contributed by atoms with van der Waals surface area (Å²) in [6, 6.07) is 6.37. The van der Waals surface area contributed by atoms with Crippen molar-refractivity contribution in [2.75, 3.05) is 33.0 Å². The Morgan fingerprint density at radius 3 is 2.00 bits per heavy atom. The summed E-state index contributed by atoms with van der Waals surface area (Å²) in [5, 5.41) is 0. The predicted octanol–water partition coefficient (Wildman–Crippen LogP) is 3.32. The maximum Gasteiger partial charge on any atom is 0.339 e. The van der Waals surface area contributed by atoms with Crippen molar-refractivity contribution in [3.05, 3.63) is 35.4 Å². The Hall–Kier alpha value is -1.96. The molecule has 0 fully saturated rings. The van der Waals surface area contributed by atoms with Crippen LogP contribution >= 0.6 is 0 Å². The molecule has 7 nitrogen and oxygen atoms in total. The largest absolute Gasteiger partial charge is 0.460 e. The summed E-state index contributed by atoms with van der Waals surface area (Å²) in [5.41, 5.74) is 0.300. The monoisotopic (exact) mass is 380 g/mol. The van der Waals surface area contributed by atoms with E-state index in [1.54, 1.807) is 12.1 Å². The highest BCUT2D eigenvalue weighted by Crippen LogP contribution is 2.21. The molecule has 1 aromatic rings. The van der Waals surface area contributed by atoms with Crippen molar-refractivity contribution in [3.8, 4) is 0 Å². The SMILES string of the molecule is CCCCOC1(OCCCC)COC(=O)c2ccccc2C(=O)OCCO1. The van der Waals surface area contributed by atoms with E-state index in [-0.39, 0.29) is 30.9 Å². The van der Waals surface area contributed by atoms with E-state index in [9.17, 15) is 9.59 Å². The molecule has 0 unspecified atom stereocenters. The second kappa shape index (κ2) is 11.0. The number of unbranched alkanes of at least 4 members (excludes halogenated alkanes) is 2. The molecule has 1 heterocycles. The summed E-state index contributed by atoms with van der Waals surface area (Å²) in [6.45, 7) is 4.72. The number of cyclic esters (lactones) is 2. The van der Waals surface area contributed by atoms with Gasteiger partial charge in [0.05, 0.1) is 30.9 Å². The molecule has 0 saturated heterocycles. The van der Waals surface area contributed by atoms with Crippen LogP contribution in [0.1, 0.15) is 60.2 Å². The Labute approximate surface area is 159 Å². The van der Waals surface area contributed by atoms with Gasteiger partial charge >= 0.3 is 17.9 Å². The molecule has 150 valence electrons. The van der Waals surface area contributed by atoms with Gasteiger partial charge < -0.3 is 23.7 Å². The van der Waals surface area contributed by atoms with Crippen molar-refractivity contribution < 1.29 is 33.3 Å². The van der Waals surface area contributed by atoms with Crippen LogP contribution < -0.4 is 0 Å². The van der Waals surface area contributed by atoms with E-state index in [0.717, 1.165) is 25.7 Å². The Bertz CT molecular complexity index is 604. The number of esters is 2. The molecular formula is C20H28O7. The van der Waals surface area contributed by atoms with Gasteiger partial charge in [-0.3, -0.25) is 0 Å². The first-order valence-corrected chi connectivity index (χ1v) is 9.47. The lowest BCUT2D eigenvalue weighted by Crippen LogP contribution is -2.45. The highest BCUT2D eigenvalue weighted by atomic mass is 16.9. The maximum absolute atomic E-state index is 12.5. The smallest absolute Gasteiger partial charge is 0.339 e. The molecule has 1 aliphatic rings. The molecule has 7 heteroatoms. The first-order chi connectivity index (χ1) is 13.1. The molecule has 0 amide bonds. The van der Waals surface area contributed by atoms with Gasteiger partial charge in [-0.25, -0.2) is 9.59 Å². The van der Waals surface area contributed by atoms with Crippen molar-refractivity contribution in [2.24, 2.45) is 0 Å². The van der Waals surface area contributed by atoms with Crippen LogP contribution in [0.3, 0.4) is 0 Å².